The topological polar surface area (TPSA) is 27.7 Å². The van der Waals surface area contributed by atoms with E-state index in [9.17, 15) is 0 Å². The molecule has 2 radical (unpaired) electrons. The molecule has 10 unspecified atom stereocenters. The Kier molecular flexibility index (Phi) is 27.3. The first-order chi connectivity index (χ1) is 29.9. The highest BCUT2D eigenvalue weighted by Crippen LogP contribution is 2.67. The molecule has 0 aromatic rings. The molecule has 62 heavy (non-hydrogen) atoms. The van der Waals surface area contributed by atoms with Crippen LogP contribution in [-0.4, -0.2) is 39.4 Å². The van der Waals surface area contributed by atoms with Gasteiger partial charge in [0.15, 0.2) is 6.29 Å². The molecule has 4 rings (SSSR count). The highest BCUT2D eigenvalue weighted by molar-refractivity contribution is 8.24. The molecular formula is C57H107BO3S. The third-order valence-corrected chi connectivity index (χ3v) is 18.5. The third kappa shape index (κ3) is 17.8. The summed E-state index contributed by atoms with van der Waals surface area (Å²) in [5, 5.41) is 0. The Morgan fingerprint density at radius 3 is 2.05 bits per heavy atom. The monoisotopic (exact) mass is 883 g/mol. The lowest BCUT2D eigenvalue weighted by Crippen LogP contribution is -2.51. The largest absolute Gasteiger partial charge is 0.347 e. The molecule has 0 saturated heterocycles. The van der Waals surface area contributed by atoms with Crippen molar-refractivity contribution in [3.8, 4) is 0 Å². The Morgan fingerprint density at radius 1 is 0.742 bits per heavy atom. The Labute approximate surface area is 392 Å². The zero-order chi connectivity index (χ0) is 45.4. The maximum atomic E-state index is 7.08. The predicted molar refractivity (Wildman–Crippen MR) is 277 cm³/mol. The third-order valence-electron chi connectivity index (χ3n) is 17.1. The van der Waals surface area contributed by atoms with Gasteiger partial charge in [0.2, 0.25) is 0 Å². The minimum Gasteiger partial charge on any atom is -0.347 e. The number of hydrogen-bond acceptors (Lipinski definition) is 3. The summed E-state index contributed by atoms with van der Waals surface area (Å²) in [6, 6.07) is 0. The quantitative estimate of drug-likeness (QED) is 0.0292. The molecule has 362 valence electrons. The van der Waals surface area contributed by atoms with Gasteiger partial charge in [-0.25, -0.2) is 0 Å². The van der Waals surface area contributed by atoms with Crippen LogP contribution in [0.2, 0.25) is 6.32 Å². The van der Waals surface area contributed by atoms with Crippen molar-refractivity contribution >= 4 is 18.4 Å². The minimum absolute atomic E-state index is 0.176. The predicted octanol–water partition coefficient (Wildman–Crippen LogP) is 18.5. The van der Waals surface area contributed by atoms with E-state index in [0.717, 1.165) is 86.5 Å². The molecular weight excluding hydrogens is 776 g/mol. The highest BCUT2D eigenvalue weighted by atomic mass is 32.3. The van der Waals surface area contributed by atoms with Crippen molar-refractivity contribution < 1.29 is 13.1 Å². The standard InChI is InChI=1S/C55H101BO3S.C2H6/c1-10-12-13-14-15-16-17-18-19-20-21-22-23-24-27-30-53(59-60(8,9)57-42-29-26-25-28-41-56)58-48-37-39-54(6)47(43-48)33-34-49-51-36-35-50(55(51,7)40-38-52(49)54)45(5)31-32-46(11-2)44(3)4;1-2/h18-19,33,44-46,48-53H,10-17,20-32,34-43H2,1-9H3;1-2H3/b19-18-;. The summed E-state index contributed by atoms with van der Waals surface area (Å²) in [5.41, 5.74) is 2.61. The average Bonchev–Trinajstić information content (AvgIpc) is 3.61. The van der Waals surface area contributed by atoms with Gasteiger partial charge < -0.3 is 4.74 Å². The second-order valence-corrected chi connectivity index (χ2v) is 24.7. The number of rotatable bonds is 32. The SMILES string of the molecule is CC.[B]CCCCCCOS(C)(C)OC(CCCCCCC/C=C\CCCCCCCC)OC1CCC2(C)C(=CCC3C2CCC2(C)C(C(C)CCC(CC)C(C)C)CCC32)C1. The lowest BCUT2D eigenvalue weighted by molar-refractivity contribution is -0.137. The Bertz CT molecular complexity index is 1220. The number of hydrogen-bond donors (Lipinski definition) is 0. The van der Waals surface area contributed by atoms with E-state index in [0.29, 0.717) is 10.8 Å². The van der Waals surface area contributed by atoms with Gasteiger partial charge in [-0.3, -0.25) is 8.37 Å². The maximum Gasteiger partial charge on any atom is 0.180 e. The minimum atomic E-state index is -1.66. The fourth-order valence-electron chi connectivity index (χ4n) is 13.3. The van der Waals surface area contributed by atoms with Crippen LogP contribution in [0, 0.1) is 52.3 Å². The van der Waals surface area contributed by atoms with E-state index < -0.39 is 10.6 Å². The van der Waals surface area contributed by atoms with Crippen LogP contribution in [0.1, 0.15) is 249 Å². The Balaban J connectivity index is 0.00000504. The summed E-state index contributed by atoms with van der Waals surface area (Å²) in [6.07, 6.45) is 50.5. The molecule has 3 nitrogen and oxygen atoms in total. The van der Waals surface area contributed by atoms with Gasteiger partial charge in [-0.05, 0) is 149 Å². The maximum absolute atomic E-state index is 7.08. The highest BCUT2D eigenvalue weighted by Gasteiger charge is 2.59. The second kappa shape index (κ2) is 30.2. The van der Waals surface area contributed by atoms with Gasteiger partial charge in [0.25, 0.3) is 0 Å². The van der Waals surface area contributed by atoms with E-state index in [1.54, 1.807) is 5.57 Å². The fourth-order valence-corrected chi connectivity index (χ4v) is 14.5. The first-order valence-corrected chi connectivity index (χ1v) is 29.9. The molecule has 10 atom stereocenters. The van der Waals surface area contributed by atoms with E-state index in [1.807, 2.05) is 13.8 Å². The van der Waals surface area contributed by atoms with E-state index in [1.165, 1.54) is 154 Å². The number of ether oxygens (including phenoxy) is 1. The molecule has 0 N–H and O–H groups in total. The van der Waals surface area contributed by atoms with E-state index >= 15 is 0 Å². The second-order valence-electron chi connectivity index (χ2n) is 22.0. The van der Waals surface area contributed by atoms with Crippen LogP contribution < -0.4 is 0 Å². The fraction of sp³-hybridized carbons (Fsp3) is 0.930. The molecule has 5 heteroatoms. The molecule has 4 aliphatic carbocycles. The zero-order valence-electron chi connectivity index (χ0n) is 43.6. The molecule has 4 aliphatic rings. The van der Waals surface area contributed by atoms with Gasteiger partial charge in [-0.1, -0.05) is 176 Å². The van der Waals surface area contributed by atoms with Crippen LogP contribution in [0.25, 0.3) is 0 Å². The molecule has 0 bridgehead atoms. The summed E-state index contributed by atoms with van der Waals surface area (Å²) >= 11 is 0. The van der Waals surface area contributed by atoms with Crippen LogP contribution in [0.4, 0.5) is 0 Å². The average molecular weight is 883 g/mol. The lowest BCUT2D eigenvalue weighted by Gasteiger charge is -2.58. The summed E-state index contributed by atoms with van der Waals surface area (Å²) in [7, 11) is 4.07. The molecule has 0 aromatic carbocycles. The van der Waals surface area contributed by atoms with E-state index in [-0.39, 0.29) is 12.4 Å². The van der Waals surface area contributed by atoms with Crippen LogP contribution in [-0.2, 0) is 13.1 Å². The molecule has 3 saturated carbocycles. The van der Waals surface area contributed by atoms with Crippen molar-refractivity contribution in [3.05, 3.63) is 23.8 Å². The molecule has 0 heterocycles. The lowest BCUT2D eigenvalue weighted by atomic mass is 9.47. The van der Waals surface area contributed by atoms with E-state index in [2.05, 4.69) is 79.2 Å². The van der Waals surface area contributed by atoms with Gasteiger partial charge in [-0.15, -0.1) is 0 Å². The smallest absolute Gasteiger partial charge is 0.180 e. The van der Waals surface area contributed by atoms with Crippen molar-refractivity contribution in [2.24, 2.45) is 52.3 Å². The van der Waals surface area contributed by atoms with Gasteiger partial charge >= 0.3 is 0 Å². The molecule has 3 fully saturated rings. The van der Waals surface area contributed by atoms with Gasteiger partial charge in [0.1, 0.15) is 0 Å². The van der Waals surface area contributed by atoms with Gasteiger partial charge in [0, 0.05) is 18.9 Å². The van der Waals surface area contributed by atoms with Crippen molar-refractivity contribution in [3.63, 3.8) is 0 Å². The Hall–Kier alpha value is -0.225. The van der Waals surface area contributed by atoms with E-state index in [4.69, 9.17) is 20.9 Å². The van der Waals surface area contributed by atoms with Crippen molar-refractivity contribution in [2.45, 2.75) is 267 Å². The van der Waals surface area contributed by atoms with Crippen LogP contribution in [0.3, 0.4) is 0 Å². The van der Waals surface area contributed by atoms with Crippen molar-refractivity contribution in [2.75, 3.05) is 19.1 Å². The van der Waals surface area contributed by atoms with Crippen molar-refractivity contribution in [1.82, 2.24) is 0 Å². The Morgan fingerprint density at radius 2 is 1.39 bits per heavy atom. The first-order valence-electron chi connectivity index (χ1n) is 27.6. The molecule has 0 spiro atoms. The van der Waals surface area contributed by atoms with Crippen LogP contribution in [0.5, 0.6) is 0 Å². The first kappa shape index (κ1) is 56.1. The van der Waals surface area contributed by atoms with Gasteiger partial charge in [0.05, 0.1) is 20.6 Å². The molecule has 0 aromatic heterocycles. The summed E-state index contributed by atoms with van der Waals surface area (Å²) in [6.45, 7) is 22.4. The summed E-state index contributed by atoms with van der Waals surface area (Å²) in [5.74, 6) is 6.13. The number of allylic oxidation sites excluding steroid dienone is 3. The number of fused-ring (bicyclic) bond motifs is 5. The molecule has 0 aliphatic heterocycles. The normalized spacial score (nSPS) is 29.0. The van der Waals surface area contributed by atoms with Crippen LogP contribution in [0.15, 0.2) is 23.8 Å². The summed E-state index contributed by atoms with van der Waals surface area (Å²) in [4.78, 5) is 0. The zero-order valence-corrected chi connectivity index (χ0v) is 44.4. The van der Waals surface area contributed by atoms with Gasteiger partial charge in [-0.2, -0.15) is 10.6 Å². The van der Waals surface area contributed by atoms with Crippen molar-refractivity contribution in [1.29, 1.82) is 0 Å². The van der Waals surface area contributed by atoms with Crippen LogP contribution >= 0.6 is 10.6 Å². The number of unbranched alkanes of at least 4 members (excludes halogenated alkanes) is 14. The molecule has 0 amide bonds. The summed E-state index contributed by atoms with van der Waals surface area (Å²) < 4.78 is 20.4.